The number of benzene rings is 1. The van der Waals surface area contributed by atoms with Crippen LogP contribution in [0.25, 0.3) is 11.0 Å². The zero-order valence-corrected chi connectivity index (χ0v) is 6.75. The molecule has 6 heteroatoms. The quantitative estimate of drug-likeness (QED) is 0.703. The molecule has 3 rings (SSSR count). The van der Waals surface area contributed by atoms with E-state index in [1.54, 1.807) is 0 Å². The van der Waals surface area contributed by atoms with Gasteiger partial charge in [-0.3, -0.25) is 0 Å². The molecule has 2 aromatic rings. The number of nitrogens with zero attached hydrogens (tertiary/aromatic N) is 1. The van der Waals surface area contributed by atoms with Gasteiger partial charge in [0.2, 0.25) is 0 Å². The van der Waals surface area contributed by atoms with Crippen molar-refractivity contribution < 1.29 is 18.3 Å². The van der Waals surface area contributed by atoms with Crippen molar-refractivity contribution in [2.75, 3.05) is 0 Å². The van der Waals surface area contributed by atoms with Crippen LogP contribution in [-0.4, -0.2) is 16.3 Å². The van der Waals surface area contributed by atoms with Gasteiger partial charge in [0.25, 0.3) is 0 Å². The van der Waals surface area contributed by atoms with E-state index in [1.807, 2.05) is 0 Å². The van der Waals surface area contributed by atoms with E-state index in [1.165, 1.54) is 18.5 Å². The monoisotopic (exact) mass is 198 g/mol. The topological polar surface area (TPSA) is 47.1 Å². The summed E-state index contributed by atoms with van der Waals surface area (Å²) in [6.07, 6.45) is -2.10. The number of hydrogen-bond acceptors (Lipinski definition) is 3. The molecule has 14 heavy (non-hydrogen) atoms. The minimum Gasteiger partial charge on any atom is -0.395 e. The van der Waals surface area contributed by atoms with Crippen LogP contribution in [0, 0.1) is 0 Å². The van der Waals surface area contributed by atoms with Crippen molar-refractivity contribution >= 4 is 11.0 Å². The molecule has 0 bridgehead atoms. The first-order valence-corrected chi connectivity index (χ1v) is 3.87. The predicted molar refractivity (Wildman–Crippen MR) is 42.3 cm³/mol. The van der Waals surface area contributed by atoms with Crippen molar-refractivity contribution in [3.8, 4) is 11.5 Å². The SMILES string of the molecule is FC1(F)Oc2cc3nc[nH]c3cc2O1. The summed E-state index contributed by atoms with van der Waals surface area (Å²) >= 11 is 0. The molecule has 0 unspecified atom stereocenters. The normalized spacial score (nSPS) is 17.6. The Morgan fingerprint density at radius 3 is 2.71 bits per heavy atom. The molecule has 1 N–H and O–H groups in total. The van der Waals surface area contributed by atoms with Gasteiger partial charge < -0.3 is 14.5 Å². The third-order valence-corrected chi connectivity index (χ3v) is 1.94. The fourth-order valence-corrected chi connectivity index (χ4v) is 1.38. The molecule has 72 valence electrons. The fraction of sp³-hybridized carbons (Fsp3) is 0.125. The highest BCUT2D eigenvalue weighted by molar-refractivity contribution is 5.79. The first kappa shape index (κ1) is 7.54. The Balaban J connectivity index is 2.22. The molecular formula is C8H4F2N2O2. The molecular weight excluding hydrogens is 194 g/mol. The zero-order valence-electron chi connectivity index (χ0n) is 6.75. The highest BCUT2D eigenvalue weighted by atomic mass is 19.3. The molecule has 2 heterocycles. The maximum atomic E-state index is 12.6. The van der Waals surface area contributed by atoms with Crippen molar-refractivity contribution in [1.82, 2.24) is 9.97 Å². The Kier molecular flexibility index (Phi) is 1.16. The van der Waals surface area contributed by atoms with Crippen LogP contribution < -0.4 is 9.47 Å². The summed E-state index contributed by atoms with van der Waals surface area (Å²) in [6, 6.07) is 2.83. The Labute approximate surface area is 76.5 Å². The van der Waals surface area contributed by atoms with Gasteiger partial charge in [-0.05, 0) is 0 Å². The van der Waals surface area contributed by atoms with Gasteiger partial charge in [-0.25, -0.2) is 4.98 Å². The van der Waals surface area contributed by atoms with Crippen molar-refractivity contribution in [1.29, 1.82) is 0 Å². The largest absolute Gasteiger partial charge is 0.586 e. The second kappa shape index (κ2) is 2.14. The van der Waals surface area contributed by atoms with Gasteiger partial charge >= 0.3 is 6.29 Å². The number of hydrogen-bond donors (Lipinski definition) is 1. The van der Waals surface area contributed by atoms with Crippen molar-refractivity contribution in [2.45, 2.75) is 6.29 Å². The van der Waals surface area contributed by atoms with Crippen LogP contribution in [0.15, 0.2) is 18.5 Å². The summed E-state index contributed by atoms with van der Waals surface area (Å²) in [7, 11) is 0. The lowest BCUT2D eigenvalue weighted by Crippen LogP contribution is -2.25. The average molecular weight is 198 g/mol. The second-order valence-corrected chi connectivity index (χ2v) is 2.89. The highest BCUT2D eigenvalue weighted by Crippen LogP contribution is 2.42. The number of rotatable bonds is 0. The van der Waals surface area contributed by atoms with Gasteiger partial charge in [0, 0.05) is 12.1 Å². The number of ether oxygens (including phenoxy) is 2. The molecule has 0 saturated carbocycles. The van der Waals surface area contributed by atoms with E-state index in [0.717, 1.165) is 0 Å². The summed E-state index contributed by atoms with van der Waals surface area (Å²) in [5, 5.41) is 0. The molecule has 0 saturated heterocycles. The smallest absolute Gasteiger partial charge is 0.395 e. The van der Waals surface area contributed by atoms with Crippen molar-refractivity contribution in [3.63, 3.8) is 0 Å². The van der Waals surface area contributed by atoms with E-state index in [-0.39, 0.29) is 11.5 Å². The molecule has 0 amide bonds. The van der Waals surface area contributed by atoms with Crippen LogP contribution >= 0.6 is 0 Å². The highest BCUT2D eigenvalue weighted by Gasteiger charge is 2.43. The molecule has 0 spiro atoms. The van der Waals surface area contributed by atoms with Crippen molar-refractivity contribution in [2.24, 2.45) is 0 Å². The Bertz CT molecular complexity index is 467. The van der Waals surface area contributed by atoms with Crippen LogP contribution in [0.4, 0.5) is 8.78 Å². The number of imidazole rings is 1. The minimum absolute atomic E-state index is 0.00889. The average Bonchev–Trinajstić information content (AvgIpc) is 2.59. The van der Waals surface area contributed by atoms with Gasteiger partial charge in [-0.2, -0.15) is 0 Å². The number of fused-ring (bicyclic) bond motifs is 2. The fourth-order valence-electron chi connectivity index (χ4n) is 1.38. The molecule has 1 aromatic heterocycles. The lowest BCUT2D eigenvalue weighted by atomic mass is 10.3. The number of aromatic amines is 1. The van der Waals surface area contributed by atoms with Gasteiger partial charge in [0.05, 0.1) is 17.4 Å². The van der Waals surface area contributed by atoms with Crippen LogP contribution in [0.2, 0.25) is 0 Å². The first-order valence-electron chi connectivity index (χ1n) is 3.87. The summed E-state index contributed by atoms with van der Waals surface area (Å²) < 4.78 is 33.8. The maximum Gasteiger partial charge on any atom is 0.586 e. The third kappa shape index (κ3) is 0.935. The van der Waals surface area contributed by atoms with E-state index in [9.17, 15) is 8.78 Å². The van der Waals surface area contributed by atoms with E-state index in [2.05, 4.69) is 19.4 Å². The van der Waals surface area contributed by atoms with Crippen molar-refractivity contribution in [3.05, 3.63) is 18.5 Å². The molecule has 0 radical (unpaired) electrons. The molecule has 0 aliphatic carbocycles. The molecule has 0 fully saturated rings. The predicted octanol–water partition coefficient (Wildman–Crippen LogP) is 1.88. The van der Waals surface area contributed by atoms with E-state index in [0.29, 0.717) is 11.0 Å². The zero-order chi connectivity index (χ0) is 9.76. The van der Waals surface area contributed by atoms with Gasteiger partial charge in [-0.15, -0.1) is 8.78 Å². The first-order chi connectivity index (χ1) is 6.64. The molecule has 1 aliphatic rings. The number of halogens is 2. The van der Waals surface area contributed by atoms with Crippen LogP contribution in [0.1, 0.15) is 0 Å². The van der Waals surface area contributed by atoms with E-state index >= 15 is 0 Å². The van der Waals surface area contributed by atoms with Crippen LogP contribution in [0.3, 0.4) is 0 Å². The van der Waals surface area contributed by atoms with Crippen LogP contribution in [-0.2, 0) is 0 Å². The standard InChI is InChI=1S/C8H4F2N2O2/c9-8(10)13-6-1-4-5(12-3-11-4)2-7(6)14-8/h1-3H,(H,11,12). The number of H-pyrrole nitrogens is 1. The van der Waals surface area contributed by atoms with E-state index < -0.39 is 6.29 Å². The van der Waals surface area contributed by atoms with E-state index in [4.69, 9.17) is 0 Å². The summed E-state index contributed by atoms with van der Waals surface area (Å²) in [6.45, 7) is 0. The molecule has 1 aromatic carbocycles. The Morgan fingerprint density at radius 1 is 1.21 bits per heavy atom. The van der Waals surface area contributed by atoms with Gasteiger partial charge in [0.1, 0.15) is 0 Å². The summed E-state index contributed by atoms with van der Waals surface area (Å²) in [5.41, 5.74) is 1.19. The molecule has 4 nitrogen and oxygen atoms in total. The lowest BCUT2D eigenvalue weighted by molar-refractivity contribution is -0.286. The number of alkyl halides is 2. The minimum atomic E-state index is -3.57. The Hall–Kier alpha value is -1.85. The molecule has 1 aliphatic heterocycles. The Morgan fingerprint density at radius 2 is 1.93 bits per heavy atom. The summed E-state index contributed by atoms with van der Waals surface area (Å²) in [5.74, 6) is 0.0290. The second-order valence-electron chi connectivity index (χ2n) is 2.89. The number of nitrogens with one attached hydrogen (secondary N) is 1. The lowest BCUT2D eigenvalue weighted by Gasteiger charge is -2.04. The van der Waals surface area contributed by atoms with Gasteiger partial charge in [-0.1, -0.05) is 0 Å². The number of aromatic nitrogens is 2. The van der Waals surface area contributed by atoms with Crippen LogP contribution in [0.5, 0.6) is 11.5 Å². The summed E-state index contributed by atoms with van der Waals surface area (Å²) in [4.78, 5) is 6.69. The maximum absolute atomic E-state index is 12.6. The molecule has 0 atom stereocenters. The van der Waals surface area contributed by atoms with Gasteiger partial charge in [0.15, 0.2) is 11.5 Å². The third-order valence-electron chi connectivity index (χ3n) is 1.94.